The average Bonchev–Trinajstić information content (AvgIpc) is 3.09. The van der Waals surface area contributed by atoms with Crippen molar-refractivity contribution in [3.8, 4) is 0 Å². The van der Waals surface area contributed by atoms with Crippen molar-refractivity contribution < 1.29 is 14.4 Å². The maximum atomic E-state index is 13.4. The van der Waals surface area contributed by atoms with E-state index in [0.717, 1.165) is 50.1 Å². The molecule has 2 atom stereocenters. The Morgan fingerprint density at radius 3 is 2.67 bits per heavy atom. The summed E-state index contributed by atoms with van der Waals surface area (Å²) in [7, 11) is 0. The van der Waals surface area contributed by atoms with E-state index in [2.05, 4.69) is 16.8 Å². The van der Waals surface area contributed by atoms with Crippen molar-refractivity contribution in [3.05, 3.63) is 59.4 Å². The van der Waals surface area contributed by atoms with Gasteiger partial charge in [-0.15, -0.1) is 0 Å². The third kappa shape index (κ3) is 4.12. The Morgan fingerprint density at radius 1 is 1.03 bits per heavy atom. The number of pyridine rings is 1. The molecule has 0 saturated carbocycles. The Balaban J connectivity index is 1.37. The van der Waals surface area contributed by atoms with E-state index in [1.165, 1.54) is 11.3 Å². The van der Waals surface area contributed by atoms with Gasteiger partial charge in [-0.3, -0.25) is 24.3 Å². The van der Waals surface area contributed by atoms with Crippen molar-refractivity contribution in [2.24, 2.45) is 11.8 Å². The molecule has 0 radical (unpaired) electrons. The number of fused-ring (bicyclic) bond motifs is 1. The summed E-state index contributed by atoms with van der Waals surface area (Å²) in [6.45, 7) is 5.46. The number of rotatable bonds is 4. The van der Waals surface area contributed by atoms with Gasteiger partial charge in [-0.05, 0) is 55.4 Å². The number of piperidine rings is 2. The van der Waals surface area contributed by atoms with Crippen LogP contribution < -0.4 is 4.90 Å². The van der Waals surface area contributed by atoms with Crippen LogP contribution >= 0.6 is 0 Å². The van der Waals surface area contributed by atoms with Crippen molar-refractivity contribution in [1.29, 1.82) is 0 Å². The molecule has 7 nitrogen and oxygen atoms in total. The van der Waals surface area contributed by atoms with Crippen molar-refractivity contribution in [3.63, 3.8) is 0 Å². The quantitative estimate of drug-likeness (QED) is 0.674. The van der Waals surface area contributed by atoms with Gasteiger partial charge in [0.15, 0.2) is 0 Å². The number of carbonyl (C=O) groups excluding carboxylic acids is 3. The molecule has 0 unspecified atom stereocenters. The molecule has 0 N–H and O–H groups in total. The number of carbonyl (C=O) groups is 3. The van der Waals surface area contributed by atoms with Crippen LogP contribution in [0.2, 0.25) is 0 Å². The lowest BCUT2D eigenvalue weighted by molar-refractivity contribution is -0.137. The number of hydrogen-bond donors (Lipinski definition) is 0. The number of aromatic nitrogens is 1. The van der Waals surface area contributed by atoms with E-state index in [4.69, 9.17) is 0 Å². The van der Waals surface area contributed by atoms with Gasteiger partial charge in [-0.1, -0.05) is 19.1 Å². The normalized spacial score (nSPS) is 23.1. The van der Waals surface area contributed by atoms with Gasteiger partial charge < -0.3 is 9.80 Å². The topological polar surface area (TPSA) is 73.8 Å². The maximum absolute atomic E-state index is 13.4. The van der Waals surface area contributed by atoms with Crippen LogP contribution in [0.25, 0.3) is 0 Å². The molecule has 4 heterocycles. The third-order valence-corrected chi connectivity index (χ3v) is 7.12. The second-order valence-electron chi connectivity index (χ2n) is 9.57. The molecule has 2 saturated heterocycles. The van der Waals surface area contributed by atoms with Crippen molar-refractivity contribution in [2.75, 3.05) is 31.1 Å². The summed E-state index contributed by atoms with van der Waals surface area (Å²) in [6, 6.07) is 9.13. The first-order valence-electron chi connectivity index (χ1n) is 11.9. The standard InChI is InChI=1S/C26H30N4O3/c1-18-6-4-13-29(15-18)24(31)20-8-5-12-28(17-20)22-10-2-9-21-23(22)26(33)30(25(21)32)16-19-7-3-11-27-14-19/h2-3,7,9-11,14,18,20H,4-6,8,12-13,15-17H2,1H3/t18-,20+/m0/s1. The minimum Gasteiger partial charge on any atom is -0.370 e. The van der Waals surface area contributed by atoms with Crippen LogP contribution in [0.3, 0.4) is 0 Å². The molecule has 3 aliphatic rings. The Bertz CT molecular complexity index is 1070. The number of nitrogens with zero attached hydrogens (tertiary/aromatic N) is 4. The second kappa shape index (κ2) is 8.96. The van der Waals surface area contributed by atoms with Crippen LogP contribution in [0.5, 0.6) is 0 Å². The molecular weight excluding hydrogens is 416 g/mol. The van der Waals surface area contributed by atoms with Crippen LogP contribution in [0.15, 0.2) is 42.7 Å². The Kier molecular flexibility index (Phi) is 5.87. The molecule has 5 rings (SSSR count). The Hall–Kier alpha value is -3.22. The highest BCUT2D eigenvalue weighted by Crippen LogP contribution is 2.35. The van der Waals surface area contributed by atoms with E-state index in [-0.39, 0.29) is 30.2 Å². The lowest BCUT2D eigenvalue weighted by Gasteiger charge is -2.38. The molecule has 0 spiro atoms. The Labute approximate surface area is 194 Å². The average molecular weight is 447 g/mol. The molecule has 0 bridgehead atoms. The highest BCUT2D eigenvalue weighted by Gasteiger charge is 2.40. The first-order chi connectivity index (χ1) is 16.0. The van der Waals surface area contributed by atoms with Gasteiger partial charge in [0.25, 0.3) is 11.8 Å². The summed E-state index contributed by atoms with van der Waals surface area (Å²) in [5.74, 6) is 0.174. The first kappa shape index (κ1) is 21.6. The molecule has 0 aliphatic carbocycles. The van der Waals surface area contributed by atoms with E-state index in [1.807, 2.05) is 23.1 Å². The zero-order valence-electron chi connectivity index (χ0n) is 19.1. The third-order valence-electron chi connectivity index (χ3n) is 7.12. The van der Waals surface area contributed by atoms with Gasteiger partial charge in [0.1, 0.15) is 0 Å². The van der Waals surface area contributed by atoms with Crippen LogP contribution in [0.1, 0.15) is 58.9 Å². The van der Waals surface area contributed by atoms with Crippen LogP contribution in [-0.2, 0) is 11.3 Å². The van der Waals surface area contributed by atoms with Crippen molar-refractivity contribution >= 4 is 23.4 Å². The highest BCUT2D eigenvalue weighted by molar-refractivity contribution is 6.23. The summed E-state index contributed by atoms with van der Waals surface area (Å²) in [5.41, 5.74) is 2.49. The molecular formula is C26H30N4O3. The van der Waals surface area contributed by atoms with Gasteiger partial charge in [-0.2, -0.15) is 0 Å². The monoisotopic (exact) mass is 446 g/mol. The lowest BCUT2D eigenvalue weighted by Crippen LogP contribution is -2.48. The van der Waals surface area contributed by atoms with Crippen LogP contribution in [0.4, 0.5) is 5.69 Å². The summed E-state index contributed by atoms with van der Waals surface area (Å²) in [6.07, 6.45) is 7.36. The molecule has 172 valence electrons. The van der Waals surface area contributed by atoms with E-state index in [1.54, 1.807) is 24.5 Å². The van der Waals surface area contributed by atoms with Gasteiger partial charge >= 0.3 is 0 Å². The number of imide groups is 1. The second-order valence-corrected chi connectivity index (χ2v) is 9.57. The largest absolute Gasteiger partial charge is 0.370 e. The van der Waals surface area contributed by atoms with Gasteiger partial charge in [0.2, 0.25) is 5.91 Å². The number of amides is 3. The molecule has 1 aromatic carbocycles. The van der Waals surface area contributed by atoms with E-state index < -0.39 is 0 Å². The number of anilines is 1. The number of likely N-dealkylation sites (tertiary alicyclic amines) is 1. The predicted molar refractivity (Wildman–Crippen MR) is 125 cm³/mol. The molecule has 1 aromatic heterocycles. The number of benzene rings is 1. The fourth-order valence-corrected chi connectivity index (χ4v) is 5.44. The number of hydrogen-bond acceptors (Lipinski definition) is 5. The van der Waals surface area contributed by atoms with Gasteiger partial charge in [0, 0.05) is 38.6 Å². The molecule has 33 heavy (non-hydrogen) atoms. The minimum absolute atomic E-state index is 0.0707. The zero-order valence-corrected chi connectivity index (χ0v) is 19.1. The molecule has 2 fully saturated rings. The van der Waals surface area contributed by atoms with Gasteiger partial charge in [-0.25, -0.2) is 0 Å². The highest BCUT2D eigenvalue weighted by atomic mass is 16.2. The lowest BCUT2D eigenvalue weighted by atomic mass is 9.93. The van der Waals surface area contributed by atoms with Crippen molar-refractivity contribution in [2.45, 2.75) is 39.2 Å². The van der Waals surface area contributed by atoms with E-state index in [9.17, 15) is 14.4 Å². The fourth-order valence-electron chi connectivity index (χ4n) is 5.44. The van der Waals surface area contributed by atoms with Crippen LogP contribution in [0, 0.1) is 11.8 Å². The van der Waals surface area contributed by atoms with E-state index >= 15 is 0 Å². The molecule has 3 amide bonds. The van der Waals surface area contributed by atoms with Crippen LogP contribution in [-0.4, -0.2) is 58.7 Å². The summed E-state index contributed by atoms with van der Waals surface area (Å²) in [5, 5.41) is 0. The van der Waals surface area contributed by atoms with Gasteiger partial charge in [0.05, 0.1) is 29.3 Å². The van der Waals surface area contributed by atoms with Crippen molar-refractivity contribution in [1.82, 2.24) is 14.8 Å². The first-order valence-corrected chi connectivity index (χ1v) is 11.9. The smallest absolute Gasteiger partial charge is 0.263 e. The zero-order chi connectivity index (χ0) is 22.9. The summed E-state index contributed by atoms with van der Waals surface area (Å²) >= 11 is 0. The fraction of sp³-hybridized carbons (Fsp3) is 0.462. The SMILES string of the molecule is C[C@H]1CCCN(C(=O)[C@@H]2CCCN(c3cccc4c3C(=O)N(Cc3cccnc3)C4=O)C2)C1. The molecule has 3 aliphatic heterocycles. The summed E-state index contributed by atoms with van der Waals surface area (Å²) < 4.78 is 0. The minimum atomic E-state index is -0.271. The molecule has 7 heteroatoms. The maximum Gasteiger partial charge on any atom is 0.263 e. The molecule has 2 aromatic rings. The Morgan fingerprint density at radius 2 is 1.88 bits per heavy atom. The van der Waals surface area contributed by atoms with E-state index in [0.29, 0.717) is 23.6 Å². The summed E-state index contributed by atoms with van der Waals surface area (Å²) in [4.78, 5) is 49.2. The predicted octanol–water partition coefficient (Wildman–Crippen LogP) is 3.35.